The molecule has 2 aromatic carbocycles. The van der Waals surface area contributed by atoms with Crippen molar-refractivity contribution in [2.24, 2.45) is 5.73 Å². The van der Waals surface area contributed by atoms with Crippen LogP contribution in [0.25, 0.3) is 0 Å². The standard InChI is InChI=1S/C16H17BrFNS/c1-11-5-6-14(18)7-12(11)8-15(19)10-20-16-4-2-3-13(17)9-16/h2-7,9,15H,8,10,19H2,1H3. The lowest BCUT2D eigenvalue weighted by Crippen LogP contribution is -2.26. The minimum atomic E-state index is -0.197. The highest BCUT2D eigenvalue weighted by atomic mass is 79.9. The van der Waals surface area contributed by atoms with Gasteiger partial charge >= 0.3 is 0 Å². The number of thioether (sulfide) groups is 1. The van der Waals surface area contributed by atoms with E-state index in [1.807, 2.05) is 19.1 Å². The summed E-state index contributed by atoms with van der Waals surface area (Å²) in [7, 11) is 0. The van der Waals surface area contributed by atoms with Gasteiger partial charge in [0.25, 0.3) is 0 Å². The summed E-state index contributed by atoms with van der Waals surface area (Å²) in [5.74, 6) is 0.615. The Morgan fingerprint density at radius 3 is 2.80 bits per heavy atom. The second-order valence-electron chi connectivity index (χ2n) is 4.80. The molecule has 0 saturated heterocycles. The van der Waals surface area contributed by atoms with Gasteiger partial charge in [0.15, 0.2) is 0 Å². The third-order valence-corrected chi connectivity index (χ3v) is 4.73. The molecule has 0 aliphatic heterocycles. The fourth-order valence-corrected chi connectivity index (χ4v) is 3.42. The first-order valence-electron chi connectivity index (χ1n) is 6.43. The summed E-state index contributed by atoms with van der Waals surface area (Å²) in [6, 6.07) is 13.0. The van der Waals surface area contributed by atoms with Crippen LogP contribution in [0.5, 0.6) is 0 Å². The number of hydrogen-bond donors (Lipinski definition) is 1. The third-order valence-electron chi connectivity index (χ3n) is 3.05. The maximum atomic E-state index is 13.2. The molecule has 2 aromatic rings. The highest BCUT2D eigenvalue weighted by Gasteiger charge is 2.08. The van der Waals surface area contributed by atoms with E-state index in [0.717, 1.165) is 21.4 Å². The van der Waals surface area contributed by atoms with Crippen molar-refractivity contribution >= 4 is 27.7 Å². The Morgan fingerprint density at radius 1 is 1.25 bits per heavy atom. The molecule has 2 N–H and O–H groups in total. The molecule has 4 heteroatoms. The molecule has 2 rings (SSSR count). The fourth-order valence-electron chi connectivity index (χ4n) is 1.96. The van der Waals surface area contributed by atoms with E-state index < -0.39 is 0 Å². The van der Waals surface area contributed by atoms with Crippen molar-refractivity contribution in [1.82, 2.24) is 0 Å². The molecule has 0 aliphatic carbocycles. The molecule has 0 amide bonds. The van der Waals surface area contributed by atoms with Crippen molar-refractivity contribution < 1.29 is 4.39 Å². The van der Waals surface area contributed by atoms with Crippen molar-refractivity contribution in [3.63, 3.8) is 0 Å². The van der Waals surface area contributed by atoms with Crippen LogP contribution in [0.15, 0.2) is 51.8 Å². The smallest absolute Gasteiger partial charge is 0.123 e. The molecule has 20 heavy (non-hydrogen) atoms. The molecule has 0 spiro atoms. The van der Waals surface area contributed by atoms with Gasteiger partial charge in [0.05, 0.1) is 0 Å². The Morgan fingerprint density at radius 2 is 2.05 bits per heavy atom. The molecule has 1 unspecified atom stereocenters. The van der Waals surface area contributed by atoms with E-state index >= 15 is 0 Å². The van der Waals surface area contributed by atoms with Crippen LogP contribution in [0, 0.1) is 12.7 Å². The van der Waals surface area contributed by atoms with Crippen molar-refractivity contribution in [2.75, 3.05) is 5.75 Å². The number of halogens is 2. The normalized spacial score (nSPS) is 12.4. The van der Waals surface area contributed by atoms with Crippen LogP contribution < -0.4 is 5.73 Å². The summed E-state index contributed by atoms with van der Waals surface area (Å²) in [6.07, 6.45) is 0.699. The summed E-state index contributed by atoms with van der Waals surface area (Å²) in [5.41, 5.74) is 8.24. The zero-order valence-corrected chi connectivity index (χ0v) is 13.7. The number of nitrogens with two attached hydrogens (primary N) is 1. The SMILES string of the molecule is Cc1ccc(F)cc1CC(N)CSc1cccc(Br)c1. The summed E-state index contributed by atoms with van der Waals surface area (Å²) in [4.78, 5) is 1.19. The fraction of sp³-hybridized carbons (Fsp3) is 0.250. The van der Waals surface area contributed by atoms with E-state index in [9.17, 15) is 4.39 Å². The monoisotopic (exact) mass is 353 g/mol. The molecular formula is C16H17BrFNS. The van der Waals surface area contributed by atoms with E-state index in [-0.39, 0.29) is 11.9 Å². The van der Waals surface area contributed by atoms with Gasteiger partial charge < -0.3 is 5.73 Å². The van der Waals surface area contributed by atoms with E-state index in [1.165, 1.54) is 11.0 Å². The Bertz CT molecular complexity index is 588. The highest BCUT2D eigenvalue weighted by molar-refractivity contribution is 9.10. The molecular weight excluding hydrogens is 337 g/mol. The van der Waals surface area contributed by atoms with Gasteiger partial charge in [-0.15, -0.1) is 11.8 Å². The van der Waals surface area contributed by atoms with Gasteiger partial charge in [-0.05, 0) is 54.8 Å². The molecule has 1 atom stereocenters. The number of rotatable bonds is 5. The van der Waals surface area contributed by atoms with E-state index in [0.29, 0.717) is 6.42 Å². The highest BCUT2D eigenvalue weighted by Crippen LogP contribution is 2.23. The Balaban J connectivity index is 1.92. The molecule has 0 saturated carbocycles. The number of aryl methyl sites for hydroxylation is 1. The molecule has 0 fully saturated rings. The van der Waals surface area contributed by atoms with Gasteiger partial charge in [-0.25, -0.2) is 4.39 Å². The van der Waals surface area contributed by atoms with Crippen molar-refractivity contribution in [2.45, 2.75) is 24.3 Å². The molecule has 0 bridgehead atoms. The zero-order valence-electron chi connectivity index (χ0n) is 11.3. The predicted molar refractivity (Wildman–Crippen MR) is 87.7 cm³/mol. The lowest BCUT2D eigenvalue weighted by atomic mass is 10.0. The minimum absolute atomic E-state index is 0.0134. The van der Waals surface area contributed by atoms with Gasteiger partial charge in [-0.3, -0.25) is 0 Å². The van der Waals surface area contributed by atoms with Gasteiger partial charge in [0.1, 0.15) is 5.82 Å². The van der Waals surface area contributed by atoms with Crippen LogP contribution in [-0.4, -0.2) is 11.8 Å². The van der Waals surface area contributed by atoms with Gasteiger partial charge in [-0.2, -0.15) is 0 Å². The molecule has 0 radical (unpaired) electrons. The first-order chi connectivity index (χ1) is 9.54. The first-order valence-corrected chi connectivity index (χ1v) is 8.21. The van der Waals surface area contributed by atoms with Crippen LogP contribution in [0.2, 0.25) is 0 Å². The van der Waals surface area contributed by atoms with E-state index in [1.54, 1.807) is 23.9 Å². The maximum Gasteiger partial charge on any atom is 0.123 e. The van der Waals surface area contributed by atoms with Crippen LogP contribution in [-0.2, 0) is 6.42 Å². The van der Waals surface area contributed by atoms with Crippen LogP contribution in [0.1, 0.15) is 11.1 Å². The molecule has 1 nitrogen and oxygen atoms in total. The largest absolute Gasteiger partial charge is 0.327 e. The van der Waals surface area contributed by atoms with Gasteiger partial charge in [0, 0.05) is 21.2 Å². The minimum Gasteiger partial charge on any atom is -0.327 e. The Labute approximate surface area is 131 Å². The maximum absolute atomic E-state index is 13.2. The topological polar surface area (TPSA) is 26.0 Å². The van der Waals surface area contributed by atoms with Gasteiger partial charge in [0.2, 0.25) is 0 Å². The zero-order chi connectivity index (χ0) is 14.5. The second-order valence-corrected chi connectivity index (χ2v) is 6.81. The molecule has 106 valence electrons. The van der Waals surface area contributed by atoms with Crippen LogP contribution >= 0.6 is 27.7 Å². The summed E-state index contributed by atoms with van der Waals surface area (Å²) < 4.78 is 14.3. The van der Waals surface area contributed by atoms with Crippen molar-refractivity contribution in [3.05, 3.63) is 63.9 Å². The van der Waals surface area contributed by atoms with Crippen molar-refractivity contribution in [3.8, 4) is 0 Å². The summed E-state index contributed by atoms with van der Waals surface area (Å²) >= 11 is 5.18. The van der Waals surface area contributed by atoms with E-state index in [4.69, 9.17) is 5.73 Å². The van der Waals surface area contributed by atoms with Gasteiger partial charge in [-0.1, -0.05) is 28.1 Å². The Hall–Kier alpha value is -0.840. The predicted octanol–water partition coefficient (Wildman–Crippen LogP) is 4.56. The van der Waals surface area contributed by atoms with E-state index in [2.05, 4.69) is 28.1 Å². The molecule has 0 aliphatic rings. The summed E-state index contributed by atoms with van der Waals surface area (Å²) in [6.45, 7) is 1.99. The summed E-state index contributed by atoms with van der Waals surface area (Å²) in [5, 5.41) is 0. The first kappa shape index (κ1) is 15.5. The van der Waals surface area contributed by atoms with Crippen LogP contribution in [0.3, 0.4) is 0 Å². The Kier molecular flexibility index (Phi) is 5.64. The third kappa shape index (κ3) is 4.62. The lowest BCUT2D eigenvalue weighted by molar-refractivity contribution is 0.622. The van der Waals surface area contributed by atoms with Crippen LogP contribution in [0.4, 0.5) is 4.39 Å². The average molecular weight is 354 g/mol. The molecule has 0 aromatic heterocycles. The van der Waals surface area contributed by atoms with Crippen molar-refractivity contribution in [1.29, 1.82) is 0 Å². The number of benzene rings is 2. The molecule has 0 heterocycles. The number of hydrogen-bond acceptors (Lipinski definition) is 2. The average Bonchev–Trinajstić information content (AvgIpc) is 2.41. The lowest BCUT2D eigenvalue weighted by Gasteiger charge is -2.13. The second kappa shape index (κ2) is 7.25. The quantitative estimate of drug-likeness (QED) is 0.797.